The SMILES string of the molecule is NC(=O)C[C@H]1CC[C@@H](n2c(Nc3c(F)cc(Cl)cc3F)nc3cnc(N[C@H]4CC[C@H](O)C4)nc32)CC1. The van der Waals surface area contributed by atoms with Crippen molar-refractivity contribution in [3.05, 3.63) is 35.0 Å². The standard InChI is InChI=1S/C24H28ClF2N7O2/c25-13-8-17(26)21(18(27)9-13)32-24-31-19-11-29-23(30-14-3-6-16(35)10-14)33-22(19)34(24)15-4-1-12(2-5-15)7-20(28)36/h8-9,11-12,14-16,35H,1-7,10H2,(H2,28,36)(H,31,32)(H,29,30,33)/t12-,14-,15+,16-/m0/s1. The van der Waals surface area contributed by atoms with Gasteiger partial charge in [0.1, 0.15) is 11.2 Å². The second-order valence-electron chi connectivity index (χ2n) is 9.73. The van der Waals surface area contributed by atoms with Crippen molar-refractivity contribution in [1.29, 1.82) is 0 Å². The summed E-state index contributed by atoms with van der Waals surface area (Å²) in [5, 5.41) is 15.9. The maximum atomic E-state index is 14.6. The number of aromatic nitrogens is 4. The van der Waals surface area contributed by atoms with Crippen molar-refractivity contribution in [2.45, 2.75) is 69.6 Å². The Morgan fingerprint density at radius 3 is 2.50 bits per heavy atom. The van der Waals surface area contributed by atoms with E-state index in [1.54, 1.807) is 6.20 Å². The number of nitrogens with zero attached hydrogens (tertiary/aromatic N) is 4. The van der Waals surface area contributed by atoms with Crippen LogP contribution in [0.3, 0.4) is 0 Å². The van der Waals surface area contributed by atoms with Gasteiger partial charge in [-0.3, -0.25) is 9.36 Å². The van der Waals surface area contributed by atoms with Crippen molar-refractivity contribution in [1.82, 2.24) is 19.5 Å². The molecule has 0 bridgehead atoms. The molecule has 12 heteroatoms. The van der Waals surface area contributed by atoms with Crippen LogP contribution in [0.2, 0.25) is 5.02 Å². The van der Waals surface area contributed by atoms with Gasteiger partial charge in [-0.15, -0.1) is 0 Å². The number of nitrogens with one attached hydrogen (secondary N) is 2. The first-order valence-electron chi connectivity index (χ1n) is 12.2. The summed E-state index contributed by atoms with van der Waals surface area (Å²) >= 11 is 5.79. The Bertz CT molecular complexity index is 1260. The molecule has 0 aliphatic heterocycles. The summed E-state index contributed by atoms with van der Waals surface area (Å²) in [5.41, 5.74) is 6.03. The Balaban J connectivity index is 1.50. The zero-order valence-corrected chi connectivity index (χ0v) is 20.3. The van der Waals surface area contributed by atoms with Crippen LogP contribution in [-0.4, -0.2) is 42.7 Å². The van der Waals surface area contributed by atoms with Crippen molar-refractivity contribution < 1.29 is 18.7 Å². The normalized spacial score (nSPS) is 24.2. The molecule has 0 saturated heterocycles. The second kappa shape index (κ2) is 10.1. The third-order valence-corrected chi connectivity index (χ3v) is 7.30. The monoisotopic (exact) mass is 519 g/mol. The number of carbonyl (C=O) groups excluding carboxylic acids is 1. The fourth-order valence-corrected chi connectivity index (χ4v) is 5.52. The second-order valence-corrected chi connectivity index (χ2v) is 10.2. The zero-order chi connectivity index (χ0) is 25.4. The molecule has 9 nitrogen and oxygen atoms in total. The smallest absolute Gasteiger partial charge is 0.224 e. The first-order valence-corrected chi connectivity index (χ1v) is 12.5. The minimum absolute atomic E-state index is 0.0459. The summed E-state index contributed by atoms with van der Waals surface area (Å²) in [7, 11) is 0. The number of nitrogens with two attached hydrogens (primary N) is 1. The lowest BCUT2D eigenvalue weighted by molar-refractivity contribution is -0.119. The summed E-state index contributed by atoms with van der Waals surface area (Å²) < 4.78 is 31.1. The van der Waals surface area contributed by atoms with E-state index in [1.807, 2.05) is 4.57 Å². The number of benzene rings is 1. The number of aliphatic hydroxyl groups excluding tert-OH is 1. The van der Waals surface area contributed by atoms with Gasteiger partial charge in [-0.2, -0.15) is 4.98 Å². The molecule has 2 aliphatic carbocycles. The number of imidazole rings is 1. The summed E-state index contributed by atoms with van der Waals surface area (Å²) in [6.45, 7) is 0. The Morgan fingerprint density at radius 1 is 1.14 bits per heavy atom. The Hall–Kier alpha value is -3.05. The molecule has 2 aliphatic rings. The van der Waals surface area contributed by atoms with Gasteiger partial charge in [-0.05, 0) is 63.0 Å². The first-order chi connectivity index (χ1) is 17.3. The average Bonchev–Trinajstić information content (AvgIpc) is 3.38. The van der Waals surface area contributed by atoms with E-state index < -0.39 is 11.6 Å². The summed E-state index contributed by atoms with van der Waals surface area (Å²) in [6, 6.07) is 2.07. The van der Waals surface area contributed by atoms with Crippen LogP contribution in [-0.2, 0) is 4.79 Å². The quantitative estimate of drug-likeness (QED) is 0.363. The first kappa shape index (κ1) is 24.6. The van der Waals surface area contributed by atoms with Gasteiger partial charge in [0.05, 0.1) is 12.3 Å². The Labute approximate surface area is 211 Å². The predicted molar refractivity (Wildman–Crippen MR) is 132 cm³/mol. The van der Waals surface area contributed by atoms with E-state index in [-0.39, 0.29) is 46.7 Å². The minimum Gasteiger partial charge on any atom is -0.393 e. The van der Waals surface area contributed by atoms with Gasteiger partial charge in [0.15, 0.2) is 17.3 Å². The van der Waals surface area contributed by atoms with Crippen LogP contribution < -0.4 is 16.4 Å². The molecule has 2 fully saturated rings. The van der Waals surface area contributed by atoms with Crippen molar-refractivity contribution >= 4 is 46.3 Å². The largest absolute Gasteiger partial charge is 0.393 e. The number of hydrogen-bond donors (Lipinski definition) is 4. The topological polar surface area (TPSA) is 131 Å². The van der Waals surface area contributed by atoms with Crippen LogP contribution in [0.1, 0.15) is 57.4 Å². The molecule has 2 saturated carbocycles. The van der Waals surface area contributed by atoms with Crippen LogP contribution in [0.5, 0.6) is 0 Å². The molecule has 1 amide bonds. The van der Waals surface area contributed by atoms with Crippen LogP contribution in [0.15, 0.2) is 18.3 Å². The maximum Gasteiger partial charge on any atom is 0.224 e. The predicted octanol–water partition coefficient (Wildman–Crippen LogP) is 4.43. The molecule has 3 aromatic rings. The van der Waals surface area contributed by atoms with Gasteiger partial charge >= 0.3 is 0 Å². The van der Waals surface area contributed by atoms with E-state index in [2.05, 4.69) is 20.6 Å². The number of primary amides is 1. The van der Waals surface area contributed by atoms with Gasteiger partial charge in [0.2, 0.25) is 17.8 Å². The van der Waals surface area contributed by atoms with Crippen molar-refractivity contribution in [2.75, 3.05) is 10.6 Å². The molecule has 2 aromatic heterocycles. The van der Waals surface area contributed by atoms with Crippen molar-refractivity contribution in [3.8, 4) is 0 Å². The van der Waals surface area contributed by atoms with E-state index in [0.717, 1.165) is 50.7 Å². The highest BCUT2D eigenvalue weighted by Gasteiger charge is 2.29. The number of amides is 1. The van der Waals surface area contributed by atoms with Gasteiger partial charge in [0, 0.05) is 23.5 Å². The molecular weight excluding hydrogens is 492 g/mol. The average molecular weight is 520 g/mol. The fourth-order valence-electron chi connectivity index (χ4n) is 5.33. The number of fused-ring (bicyclic) bond motifs is 1. The number of anilines is 3. The van der Waals surface area contributed by atoms with Crippen LogP contribution >= 0.6 is 11.6 Å². The van der Waals surface area contributed by atoms with E-state index >= 15 is 0 Å². The van der Waals surface area contributed by atoms with Gasteiger partial charge in [-0.1, -0.05) is 11.6 Å². The molecule has 0 unspecified atom stereocenters. The number of aliphatic hydroxyl groups is 1. The number of rotatable bonds is 7. The number of halogens is 3. The van der Waals surface area contributed by atoms with E-state index in [4.69, 9.17) is 22.3 Å². The molecule has 0 spiro atoms. The molecule has 36 heavy (non-hydrogen) atoms. The summed E-state index contributed by atoms with van der Waals surface area (Å²) in [6.07, 6.45) is 6.75. The van der Waals surface area contributed by atoms with Crippen LogP contribution in [0.25, 0.3) is 11.2 Å². The van der Waals surface area contributed by atoms with Crippen molar-refractivity contribution in [2.24, 2.45) is 11.7 Å². The Morgan fingerprint density at radius 2 is 1.86 bits per heavy atom. The Kier molecular flexibility index (Phi) is 6.94. The zero-order valence-electron chi connectivity index (χ0n) is 19.6. The molecule has 192 valence electrons. The van der Waals surface area contributed by atoms with Crippen molar-refractivity contribution in [3.63, 3.8) is 0 Å². The molecule has 1 aromatic carbocycles. The van der Waals surface area contributed by atoms with Gasteiger partial charge in [-0.25, -0.2) is 18.7 Å². The lowest BCUT2D eigenvalue weighted by Gasteiger charge is -2.30. The third-order valence-electron chi connectivity index (χ3n) is 7.09. The molecule has 5 rings (SSSR count). The third kappa shape index (κ3) is 5.22. The molecule has 5 N–H and O–H groups in total. The van der Waals surface area contributed by atoms with Gasteiger partial charge < -0.3 is 21.5 Å². The molecule has 0 radical (unpaired) electrons. The fraction of sp³-hybridized carbons (Fsp3) is 0.500. The molecule has 2 atom stereocenters. The summed E-state index contributed by atoms with van der Waals surface area (Å²) in [5.74, 6) is -1.14. The number of hydrogen-bond acceptors (Lipinski definition) is 7. The highest BCUT2D eigenvalue weighted by Crippen LogP contribution is 2.38. The molecular formula is C24H28ClF2N7O2. The van der Waals surface area contributed by atoms with Crippen LogP contribution in [0.4, 0.5) is 26.4 Å². The van der Waals surface area contributed by atoms with E-state index in [9.17, 15) is 18.7 Å². The highest BCUT2D eigenvalue weighted by molar-refractivity contribution is 6.30. The van der Waals surface area contributed by atoms with E-state index in [1.165, 1.54) is 0 Å². The maximum absolute atomic E-state index is 14.6. The van der Waals surface area contributed by atoms with Crippen LogP contribution in [0, 0.1) is 17.6 Å². The lowest BCUT2D eigenvalue weighted by atomic mass is 9.84. The summed E-state index contributed by atoms with van der Waals surface area (Å²) in [4.78, 5) is 25.0. The van der Waals surface area contributed by atoms with Gasteiger partial charge in [0.25, 0.3) is 0 Å². The minimum atomic E-state index is -0.836. The number of carbonyl (C=O) groups is 1. The van der Waals surface area contributed by atoms with E-state index in [0.29, 0.717) is 30.0 Å². The highest BCUT2D eigenvalue weighted by atomic mass is 35.5. The molecule has 2 heterocycles. The lowest BCUT2D eigenvalue weighted by Crippen LogP contribution is -2.24.